The van der Waals surface area contributed by atoms with Crippen LogP contribution in [0.3, 0.4) is 0 Å². The molecular formula is C7H17NS. The molecule has 0 aromatic heterocycles. The lowest BCUT2D eigenvalue weighted by Crippen LogP contribution is -2.14. The minimum atomic E-state index is 0.171. The zero-order valence-corrected chi connectivity index (χ0v) is 7.25. The lowest BCUT2D eigenvalue weighted by Gasteiger charge is -2.21. The third-order valence-electron chi connectivity index (χ3n) is 2.07. The van der Waals surface area contributed by atoms with E-state index in [0.29, 0.717) is 0 Å². The van der Waals surface area contributed by atoms with Gasteiger partial charge in [0.05, 0.1) is 0 Å². The summed E-state index contributed by atoms with van der Waals surface area (Å²) < 4.78 is 3.56. The zero-order chi connectivity index (χ0) is 6.69. The van der Waals surface area contributed by atoms with Crippen molar-refractivity contribution < 1.29 is 0 Å². The molecule has 1 fully saturated rings. The normalized spacial score (nSPS) is 42.0. The Morgan fingerprint density at radius 2 is 2.22 bits per heavy atom. The van der Waals surface area contributed by atoms with E-state index in [0.717, 1.165) is 5.25 Å². The van der Waals surface area contributed by atoms with Crippen LogP contribution in [0.2, 0.25) is 0 Å². The Morgan fingerprint density at radius 3 is 3.00 bits per heavy atom. The molecular weight excluding hydrogens is 130 g/mol. The highest BCUT2D eigenvalue weighted by atomic mass is 32.2. The van der Waals surface area contributed by atoms with Crippen LogP contribution in [0.5, 0.6) is 0 Å². The van der Waals surface area contributed by atoms with E-state index in [-0.39, 0.29) is 11.1 Å². The minimum Gasteiger partial charge on any atom is -0.283 e. The van der Waals surface area contributed by atoms with Gasteiger partial charge in [-0.05, 0) is 24.3 Å². The van der Waals surface area contributed by atoms with Crippen molar-refractivity contribution in [3.8, 4) is 0 Å². The summed E-state index contributed by atoms with van der Waals surface area (Å²) >= 11 is 0.171. The molecule has 2 heteroatoms. The van der Waals surface area contributed by atoms with Gasteiger partial charge >= 0.3 is 0 Å². The molecule has 1 aliphatic rings. The van der Waals surface area contributed by atoms with Crippen LogP contribution in [0, 0.1) is 0 Å². The summed E-state index contributed by atoms with van der Waals surface area (Å²) in [6, 6.07) is 0. The molecule has 9 heavy (non-hydrogen) atoms. The molecule has 56 valence electrons. The van der Waals surface area contributed by atoms with E-state index in [4.69, 9.17) is 0 Å². The summed E-state index contributed by atoms with van der Waals surface area (Å²) in [5.74, 6) is 0. The molecule has 0 amide bonds. The van der Waals surface area contributed by atoms with Crippen LogP contribution in [0.4, 0.5) is 0 Å². The summed E-state index contributed by atoms with van der Waals surface area (Å²) in [6.45, 7) is 3.62. The Kier molecular flexibility index (Phi) is 2.86. The number of thiol groups is 1. The number of hydrogen-bond acceptors (Lipinski definition) is 1. The Hall–Kier alpha value is 0.310. The Balaban J connectivity index is 2.32. The van der Waals surface area contributed by atoms with E-state index in [1.165, 1.54) is 25.8 Å². The number of rotatable bonds is 0. The molecule has 2 atom stereocenters. The topological polar surface area (TPSA) is 12.0 Å². The summed E-state index contributed by atoms with van der Waals surface area (Å²) in [5.41, 5.74) is 0. The van der Waals surface area contributed by atoms with Crippen LogP contribution < -0.4 is 4.72 Å². The molecule has 0 aromatic rings. The van der Waals surface area contributed by atoms with Crippen molar-refractivity contribution >= 4 is 11.1 Å². The van der Waals surface area contributed by atoms with E-state index >= 15 is 0 Å². The highest BCUT2D eigenvalue weighted by molar-refractivity contribution is 8.15. The largest absolute Gasteiger partial charge is 0.283 e. The van der Waals surface area contributed by atoms with Gasteiger partial charge in [-0.2, -0.15) is 0 Å². The molecule has 1 saturated heterocycles. The molecule has 1 N–H and O–H groups in total. The van der Waals surface area contributed by atoms with Crippen LogP contribution in [0.1, 0.15) is 26.2 Å². The van der Waals surface area contributed by atoms with Gasteiger partial charge in [0.2, 0.25) is 0 Å². The van der Waals surface area contributed by atoms with Crippen LogP contribution in [0.15, 0.2) is 0 Å². The maximum atomic E-state index is 3.56. The molecule has 2 unspecified atom stereocenters. The van der Waals surface area contributed by atoms with Gasteiger partial charge in [-0.15, -0.1) is 0 Å². The Morgan fingerprint density at radius 1 is 1.44 bits per heavy atom. The van der Waals surface area contributed by atoms with E-state index in [9.17, 15) is 0 Å². The van der Waals surface area contributed by atoms with Crippen molar-refractivity contribution in [2.45, 2.75) is 31.4 Å². The number of nitrogens with one attached hydrogen (secondary N) is 1. The first-order chi connectivity index (χ1) is 4.30. The zero-order valence-electron chi connectivity index (χ0n) is 6.35. The van der Waals surface area contributed by atoms with Crippen molar-refractivity contribution in [3.63, 3.8) is 0 Å². The van der Waals surface area contributed by atoms with Crippen molar-refractivity contribution in [1.29, 1.82) is 0 Å². The van der Waals surface area contributed by atoms with E-state index in [1.807, 2.05) is 0 Å². The molecule has 0 aliphatic carbocycles. The van der Waals surface area contributed by atoms with E-state index in [1.54, 1.807) is 0 Å². The van der Waals surface area contributed by atoms with Gasteiger partial charge in [-0.25, -0.2) is 11.1 Å². The van der Waals surface area contributed by atoms with Gasteiger partial charge in [-0.1, -0.05) is 13.3 Å². The quantitative estimate of drug-likeness (QED) is 0.497. The van der Waals surface area contributed by atoms with E-state index in [2.05, 4.69) is 17.9 Å². The molecule has 0 bridgehead atoms. The highest BCUT2D eigenvalue weighted by Crippen LogP contribution is 2.28. The molecule has 1 heterocycles. The molecule has 0 radical (unpaired) electrons. The van der Waals surface area contributed by atoms with Crippen LogP contribution >= 0.6 is 11.1 Å². The second kappa shape index (κ2) is 3.47. The molecule has 0 spiro atoms. The van der Waals surface area contributed by atoms with Gasteiger partial charge in [-0.3, -0.25) is 4.72 Å². The average Bonchev–Trinajstić information content (AvgIpc) is 1.99. The van der Waals surface area contributed by atoms with Gasteiger partial charge in [0, 0.05) is 6.54 Å². The lowest BCUT2D eigenvalue weighted by atomic mass is 10.2. The summed E-state index contributed by atoms with van der Waals surface area (Å²) in [4.78, 5) is 0. The smallest absolute Gasteiger partial charge is 0.00412 e. The molecule has 1 aliphatic heterocycles. The lowest BCUT2D eigenvalue weighted by molar-refractivity contribution is 0.695. The van der Waals surface area contributed by atoms with Crippen molar-refractivity contribution in [2.75, 3.05) is 12.8 Å². The van der Waals surface area contributed by atoms with Gasteiger partial charge in [0.25, 0.3) is 0 Å². The Bertz CT molecular complexity index is 75.0. The Labute approximate surface area is 60.7 Å². The first-order valence-electron chi connectivity index (χ1n) is 3.77. The molecule has 1 nitrogen and oxygen atoms in total. The first kappa shape index (κ1) is 7.42. The second-order valence-electron chi connectivity index (χ2n) is 2.86. The third-order valence-corrected chi connectivity index (χ3v) is 4.37. The second-order valence-corrected chi connectivity index (χ2v) is 5.28. The van der Waals surface area contributed by atoms with Crippen LogP contribution in [0.25, 0.3) is 0 Å². The summed E-state index contributed by atoms with van der Waals surface area (Å²) in [5, 5.41) is 0.947. The van der Waals surface area contributed by atoms with Gasteiger partial charge in [0.1, 0.15) is 0 Å². The predicted octanol–water partition coefficient (Wildman–Crippen LogP) is 1.69. The van der Waals surface area contributed by atoms with Crippen molar-refractivity contribution in [3.05, 3.63) is 0 Å². The number of hydrogen-bond donors (Lipinski definition) is 2. The third kappa shape index (κ3) is 2.18. The average molecular weight is 147 g/mol. The molecule has 0 saturated carbocycles. The highest BCUT2D eigenvalue weighted by Gasteiger charge is 2.10. The SMILES string of the molecule is CC1CCCCN[SH]1C. The monoisotopic (exact) mass is 147 g/mol. The van der Waals surface area contributed by atoms with Gasteiger partial charge in [0.15, 0.2) is 0 Å². The fourth-order valence-corrected chi connectivity index (χ4v) is 2.56. The molecule has 0 aromatic carbocycles. The first-order valence-corrected chi connectivity index (χ1v) is 5.63. The molecule has 1 rings (SSSR count). The summed E-state index contributed by atoms with van der Waals surface area (Å²) in [7, 11) is 0. The summed E-state index contributed by atoms with van der Waals surface area (Å²) in [6.07, 6.45) is 6.61. The predicted molar refractivity (Wildman–Crippen MR) is 46.2 cm³/mol. The van der Waals surface area contributed by atoms with Crippen molar-refractivity contribution in [1.82, 2.24) is 4.72 Å². The maximum Gasteiger partial charge on any atom is 0.00412 e. The maximum absolute atomic E-state index is 3.56. The minimum absolute atomic E-state index is 0.171. The van der Waals surface area contributed by atoms with Gasteiger partial charge < -0.3 is 0 Å². The fraction of sp³-hybridized carbons (Fsp3) is 1.00. The van der Waals surface area contributed by atoms with Crippen molar-refractivity contribution in [2.24, 2.45) is 0 Å². The standard InChI is InChI=1S/C7H17NS/c1-7-5-3-4-6-8-9(7)2/h7-9H,3-6H2,1-2H3. The van der Waals surface area contributed by atoms with Crippen LogP contribution in [-0.2, 0) is 0 Å². The van der Waals surface area contributed by atoms with E-state index < -0.39 is 0 Å². The fourth-order valence-electron chi connectivity index (χ4n) is 1.17. The van der Waals surface area contributed by atoms with Crippen LogP contribution in [-0.4, -0.2) is 18.1 Å².